The number of nitrogens with two attached hydrogens (primary N) is 2. The maximum absolute atomic E-state index is 12.8. The van der Waals surface area contributed by atoms with E-state index in [1.54, 1.807) is 0 Å². The van der Waals surface area contributed by atoms with Crippen LogP contribution in [-0.4, -0.2) is 56.9 Å². The lowest BCUT2D eigenvalue weighted by Crippen LogP contribution is -2.53. The summed E-state index contributed by atoms with van der Waals surface area (Å²) in [5, 5.41) is 10.7. The molecule has 5 rings (SSSR count). The van der Waals surface area contributed by atoms with Crippen LogP contribution in [0.1, 0.15) is 41.9 Å². The average Bonchev–Trinajstić information content (AvgIpc) is 3.54. The largest absolute Gasteiger partial charge is 0.382 e. The number of benzene rings is 1. The van der Waals surface area contributed by atoms with Crippen molar-refractivity contribution in [2.75, 3.05) is 31.1 Å². The van der Waals surface area contributed by atoms with Crippen LogP contribution in [0.4, 0.5) is 11.6 Å². The standard InChI is InChI=1S/C26H29ClN8O3/c27-23-25(29)32-24(28)22(31-23)19(36)14-20-30-15-26(33-20)9-11-35(12-10-26)21(37)8-4-7-17-13-18(34-38-17)16-5-2-1-3-6-16/h1-3,5-6,13-14,30,33H,4,7-12,15H2,(H4,28,29,32)/b20-14+. The van der Waals surface area contributed by atoms with Crippen molar-refractivity contribution in [2.45, 2.75) is 37.6 Å². The van der Waals surface area contributed by atoms with Gasteiger partial charge in [0.05, 0.1) is 5.54 Å². The summed E-state index contributed by atoms with van der Waals surface area (Å²) >= 11 is 5.89. The zero-order valence-electron chi connectivity index (χ0n) is 20.7. The number of halogens is 1. The first-order valence-corrected chi connectivity index (χ1v) is 12.9. The Labute approximate surface area is 224 Å². The Kier molecular flexibility index (Phi) is 7.19. The highest BCUT2D eigenvalue weighted by Crippen LogP contribution is 2.28. The molecule has 0 radical (unpaired) electrons. The number of nitrogen functional groups attached to an aromatic ring is 2. The van der Waals surface area contributed by atoms with Gasteiger partial charge in [-0.1, -0.05) is 47.1 Å². The number of nitrogens with one attached hydrogen (secondary N) is 2. The molecule has 2 fully saturated rings. The highest BCUT2D eigenvalue weighted by molar-refractivity contribution is 6.31. The molecule has 0 saturated carbocycles. The summed E-state index contributed by atoms with van der Waals surface area (Å²) < 4.78 is 5.45. The van der Waals surface area contributed by atoms with E-state index in [0.29, 0.717) is 44.7 Å². The molecule has 1 aromatic carbocycles. The molecule has 6 N–H and O–H groups in total. The number of piperidine rings is 1. The summed E-state index contributed by atoms with van der Waals surface area (Å²) in [6.45, 7) is 1.93. The number of hydrogen-bond donors (Lipinski definition) is 4. The van der Waals surface area contributed by atoms with Crippen LogP contribution in [0.3, 0.4) is 0 Å². The van der Waals surface area contributed by atoms with Gasteiger partial charge in [-0.05, 0) is 19.3 Å². The molecule has 4 heterocycles. The van der Waals surface area contributed by atoms with E-state index in [1.165, 1.54) is 6.08 Å². The molecule has 0 atom stereocenters. The van der Waals surface area contributed by atoms with Crippen molar-refractivity contribution in [3.63, 3.8) is 0 Å². The van der Waals surface area contributed by atoms with E-state index in [2.05, 4.69) is 25.8 Å². The molecule has 11 nitrogen and oxygen atoms in total. The van der Waals surface area contributed by atoms with Gasteiger partial charge >= 0.3 is 0 Å². The Hall–Kier alpha value is -4.12. The Balaban J connectivity index is 1.09. The minimum absolute atomic E-state index is 0.0269. The third-order valence-corrected chi connectivity index (χ3v) is 7.22. The zero-order valence-corrected chi connectivity index (χ0v) is 21.5. The van der Waals surface area contributed by atoms with Gasteiger partial charge < -0.3 is 31.5 Å². The molecule has 2 aliphatic rings. The number of carbonyl (C=O) groups is 2. The van der Waals surface area contributed by atoms with E-state index in [9.17, 15) is 9.59 Å². The SMILES string of the molecule is Nc1nc(N)c(C(=O)/C=C2\NCC3(CCN(C(=O)CCCc4cc(-c5ccccc5)no4)CC3)N2)nc1Cl. The minimum atomic E-state index is -0.431. The van der Waals surface area contributed by atoms with Crippen molar-refractivity contribution < 1.29 is 14.1 Å². The molecule has 3 aromatic rings. The Morgan fingerprint density at radius 3 is 2.66 bits per heavy atom. The van der Waals surface area contributed by atoms with Gasteiger partial charge in [0.25, 0.3) is 0 Å². The third-order valence-electron chi connectivity index (χ3n) is 6.95. The molecule has 38 heavy (non-hydrogen) atoms. The van der Waals surface area contributed by atoms with Crippen LogP contribution in [0, 0.1) is 0 Å². The second kappa shape index (κ2) is 10.7. The molecular formula is C26H29ClN8O3. The van der Waals surface area contributed by atoms with Gasteiger partial charge in [0.1, 0.15) is 17.3 Å². The number of hydrogen-bond acceptors (Lipinski definition) is 10. The van der Waals surface area contributed by atoms with E-state index in [-0.39, 0.29) is 33.9 Å². The van der Waals surface area contributed by atoms with Crippen molar-refractivity contribution in [1.82, 2.24) is 30.7 Å². The predicted molar refractivity (Wildman–Crippen MR) is 143 cm³/mol. The Bertz CT molecular complexity index is 1370. The number of rotatable bonds is 7. The number of ketones is 1. The van der Waals surface area contributed by atoms with E-state index < -0.39 is 5.78 Å². The van der Waals surface area contributed by atoms with E-state index in [0.717, 1.165) is 29.9 Å². The molecular weight excluding hydrogens is 508 g/mol. The number of nitrogens with zero attached hydrogens (tertiary/aromatic N) is 4. The lowest BCUT2D eigenvalue weighted by molar-refractivity contribution is -0.132. The second-order valence-electron chi connectivity index (χ2n) is 9.59. The molecule has 0 unspecified atom stereocenters. The van der Waals surface area contributed by atoms with Crippen molar-refractivity contribution >= 4 is 34.9 Å². The van der Waals surface area contributed by atoms with Gasteiger partial charge in [0.2, 0.25) is 11.7 Å². The number of aryl methyl sites for hydroxylation is 1. The third kappa shape index (κ3) is 5.57. The normalized spacial score (nSPS) is 17.4. The zero-order chi connectivity index (χ0) is 26.7. The first kappa shape index (κ1) is 25.5. The van der Waals surface area contributed by atoms with Crippen LogP contribution in [0.25, 0.3) is 11.3 Å². The van der Waals surface area contributed by atoms with Gasteiger partial charge in [-0.2, -0.15) is 0 Å². The molecule has 2 aliphatic heterocycles. The lowest BCUT2D eigenvalue weighted by atomic mass is 9.88. The van der Waals surface area contributed by atoms with Crippen molar-refractivity contribution in [3.8, 4) is 11.3 Å². The molecule has 0 bridgehead atoms. The van der Waals surface area contributed by atoms with Gasteiger partial charge in [0.15, 0.2) is 22.5 Å². The van der Waals surface area contributed by atoms with Crippen LogP contribution in [0.2, 0.25) is 5.15 Å². The first-order valence-electron chi connectivity index (χ1n) is 12.5. The van der Waals surface area contributed by atoms with Crippen LogP contribution in [-0.2, 0) is 11.2 Å². The van der Waals surface area contributed by atoms with Gasteiger partial charge in [-0.3, -0.25) is 9.59 Å². The number of aromatic nitrogens is 3. The fraction of sp³-hybridized carbons (Fsp3) is 0.346. The fourth-order valence-corrected chi connectivity index (χ4v) is 4.91. The summed E-state index contributed by atoms with van der Waals surface area (Å²) in [6.07, 6.45) is 4.72. The number of likely N-dealkylation sites (tertiary alicyclic amines) is 1. The molecule has 12 heteroatoms. The van der Waals surface area contributed by atoms with Crippen LogP contribution >= 0.6 is 11.6 Å². The van der Waals surface area contributed by atoms with Gasteiger partial charge in [-0.15, -0.1) is 0 Å². The van der Waals surface area contributed by atoms with Crippen molar-refractivity contribution in [2.24, 2.45) is 0 Å². The lowest BCUT2D eigenvalue weighted by Gasteiger charge is -2.39. The van der Waals surface area contributed by atoms with Crippen molar-refractivity contribution in [3.05, 3.63) is 64.9 Å². The van der Waals surface area contributed by atoms with Crippen LogP contribution in [0.5, 0.6) is 0 Å². The number of anilines is 2. The van der Waals surface area contributed by atoms with Gasteiger partial charge in [-0.25, -0.2) is 9.97 Å². The Morgan fingerprint density at radius 1 is 1.13 bits per heavy atom. The van der Waals surface area contributed by atoms with Gasteiger partial charge in [0, 0.05) is 50.2 Å². The summed E-state index contributed by atoms with van der Waals surface area (Å²) in [6, 6.07) is 11.8. The van der Waals surface area contributed by atoms with Crippen LogP contribution in [0.15, 0.2) is 52.8 Å². The monoisotopic (exact) mass is 536 g/mol. The van der Waals surface area contributed by atoms with E-state index >= 15 is 0 Å². The summed E-state index contributed by atoms with van der Waals surface area (Å²) in [5.74, 6) is 0.950. The fourth-order valence-electron chi connectivity index (χ4n) is 4.78. The van der Waals surface area contributed by atoms with Crippen molar-refractivity contribution in [1.29, 1.82) is 0 Å². The topological polar surface area (TPSA) is 165 Å². The molecule has 198 valence electrons. The highest BCUT2D eigenvalue weighted by Gasteiger charge is 2.40. The maximum Gasteiger partial charge on any atom is 0.222 e. The maximum atomic E-state index is 12.8. The highest BCUT2D eigenvalue weighted by atomic mass is 35.5. The molecule has 1 amide bonds. The Morgan fingerprint density at radius 2 is 1.89 bits per heavy atom. The summed E-state index contributed by atoms with van der Waals surface area (Å²) in [5.41, 5.74) is 12.9. The average molecular weight is 537 g/mol. The molecule has 1 spiro atoms. The summed E-state index contributed by atoms with van der Waals surface area (Å²) in [4.78, 5) is 35.2. The van der Waals surface area contributed by atoms with E-state index in [1.807, 2.05) is 41.3 Å². The predicted octanol–water partition coefficient (Wildman–Crippen LogP) is 2.55. The molecule has 2 saturated heterocycles. The second-order valence-corrected chi connectivity index (χ2v) is 9.95. The van der Waals surface area contributed by atoms with E-state index in [4.69, 9.17) is 27.6 Å². The number of allylic oxidation sites excluding steroid dienone is 1. The molecule has 0 aliphatic carbocycles. The first-order chi connectivity index (χ1) is 18.3. The number of amides is 1. The summed E-state index contributed by atoms with van der Waals surface area (Å²) in [7, 11) is 0. The quantitative estimate of drug-likeness (QED) is 0.260. The minimum Gasteiger partial charge on any atom is -0.382 e. The molecule has 2 aromatic heterocycles. The van der Waals surface area contributed by atoms with Crippen LogP contribution < -0.4 is 22.1 Å². The smallest absolute Gasteiger partial charge is 0.222 e. The number of carbonyl (C=O) groups excluding carboxylic acids is 2.